The normalized spacial score (nSPS) is 14.6. The highest BCUT2D eigenvalue weighted by Crippen LogP contribution is 2.36. The van der Waals surface area contributed by atoms with Gasteiger partial charge in [0, 0.05) is 5.56 Å². The zero-order chi connectivity index (χ0) is 14.1. The van der Waals surface area contributed by atoms with Gasteiger partial charge in [-0.05, 0) is 5.31 Å². The van der Waals surface area contributed by atoms with Crippen molar-refractivity contribution < 1.29 is 22.0 Å². The van der Waals surface area contributed by atoms with Gasteiger partial charge in [-0.15, -0.1) is 0 Å². The molecule has 1 rings (SSSR count). The number of hydrogen-bond acceptors (Lipinski definition) is 0. The van der Waals surface area contributed by atoms with Crippen molar-refractivity contribution in [2.75, 3.05) is 0 Å². The Kier molecular flexibility index (Phi) is 4.40. The summed E-state index contributed by atoms with van der Waals surface area (Å²) in [5, 5.41) is -1.56. The zero-order valence-corrected chi connectivity index (χ0v) is 10.1. The van der Waals surface area contributed by atoms with E-state index in [0.717, 1.165) is 0 Å². The average Bonchev–Trinajstić information content (AvgIpc) is 2.34. The summed E-state index contributed by atoms with van der Waals surface area (Å²) in [6.45, 7) is 3.25. The highest BCUT2D eigenvalue weighted by molar-refractivity contribution is 6.16. The SMILES string of the molecule is [B]C(CC)(CCC)c1c(F)c(F)c(F)c(F)c1F. The quantitative estimate of drug-likeness (QED) is 0.333. The molecule has 18 heavy (non-hydrogen) atoms. The Hall–Kier alpha value is -1.07. The molecule has 0 spiro atoms. The fraction of sp³-hybridized carbons (Fsp3) is 0.500. The van der Waals surface area contributed by atoms with Gasteiger partial charge in [0.2, 0.25) is 5.82 Å². The average molecular weight is 262 g/mol. The standard InChI is InChI=1S/C12H12BF5/c1-3-5-12(13,4-2)6-7(14)9(16)11(18)10(17)8(6)15/h3-5H2,1-2H3. The van der Waals surface area contributed by atoms with Crippen molar-refractivity contribution in [3.63, 3.8) is 0 Å². The molecule has 1 aromatic carbocycles. The summed E-state index contributed by atoms with van der Waals surface area (Å²) in [7, 11) is 5.78. The summed E-state index contributed by atoms with van der Waals surface area (Å²) in [4.78, 5) is 0. The van der Waals surface area contributed by atoms with E-state index < -0.39 is 40.0 Å². The van der Waals surface area contributed by atoms with Crippen LogP contribution in [0.1, 0.15) is 38.7 Å². The number of rotatable bonds is 4. The molecule has 1 aromatic rings. The van der Waals surface area contributed by atoms with Crippen LogP contribution in [0.3, 0.4) is 0 Å². The largest absolute Gasteiger partial charge is 0.203 e. The van der Waals surface area contributed by atoms with Gasteiger partial charge in [0.1, 0.15) is 0 Å². The molecule has 0 aliphatic carbocycles. The third kappa shape index (κ3) is 2.25. The first-order valence-electron chi connectivity index (χ1n) is 5.60. The van der Waals surface area contributed by atoms with Crippen LogP contribution in [0.15, 0.2) is 0 Å². The summed E-state index contributed by atoms with van der Waals surface area (Å²) in [5.41, 5.74) is -0.928. The van der Waals surface area contributed by atoms with Crippen molar-refractivity contribution in [3.05, 3.63) is 34.6 Å². The summed E-state index contributed by atoms with van der Waals surface area (Å²) < 4.78 is 66.3. The third-order valence-electron chi connectivity index (χ3n) is 3.03. The molecule has 0 N–H and O–H groups in total. The van der Waals surface area contributed by atoms with E-state index >= 15 is 0 Å². The van der Waals surface area contributed by atoms with Gasteiger partial charge in [-0.1, -0.05) is 33.1 Å². The number of benzene rings is 1. The Morgan fingerprint density at radius 2 is 1.22 bits per heavy atom. The van der Waals surface area contributed by atoms with Gasteiger partial charge in [0.15, 0.2) is 23.3 Å². The fourth-order valence-corrected chi connectivity index (χ4v) is 1.97. The molecule has 6 heteroatoms. The number of hydrogen-bond donors (Lipinski definition) is 0. The summed E-state index contributed by atoms with van der Waals surface area (Å²) >= 11 is 0. The highest BCUT2D eigenvalue weighted by atomic mass is 19.2. The molecule has 2 radical (unpaired) electrons. The second-order valence-corrected chi connectivity index (χ2v) is 4.20. The van der Waals surface area contributed by atoms with Crippen molar-refractivity contribution in [3.8, 4) is 0 Å². The van der Waals surface area contributed by atoms with Crippen LogP contribution in [0.25, 0.3) is 0 Å². The Morgan fingerprint density at radius 1 is 0.833 bits per heavy atom. The first kappa shape index (κ1) is 15.0. The summed E-state index contributed by atoms with van der Waals surface area (Å²) in [5.74, 6) is -9.76. The Bertz CT molecular complexity index is 431. The van der Waals surface area contributed by atoms with Crippen molar-refractivity contribution in [2.45, 2.75) is 38.4 Å². The molecular formula is C12H12BF5. The van der Waals surface area contributed by atoms with Crippen molar-refractivity contribution in [1.82, 2.24) is 0 Å². The molecule has 0 saturated heterocycles. The van der Waals surface area contributed by atoms with Gasteiger partial charge in [-0.2, -0.15) is 0 Å². The van der Waals surface area contributed by atoms with Crippen LogP contribution in [-0.2, 0) is 5.31 Å². The Balaban J connectivity index is 3.59. The molecule has 0 aliphatic heterocycles. The van der Waals surface area contributed by atoms with E-state index in [9.17, 15) is 22.0 Å². The van der Waals surface area contributed by atoms with E-state index in [1.165, 1.54) is 6.92 Å². The molecule has 0 fully saturated rings. The zero-order valence-electron chi connectivity index (χ0n) is 10.1. The van der Waals surface area contributed by atoms with E-state index in [4.69, 9.17) is 7.85 Å². The van der Waals surface area contributed by atoms with E-state index in [1.807, 2.05) is 0 Å². The molecule has 0 bridgehead atoms. The van der Waals surface area contributed by atoms with Crippen LogP contribution in [0, 0.1) is 29.1 Å². The molecule has 0 heterocycles. The molecule has 1 atom stereocenters. The van der Waals surface area contributed by atoms with Gasteiger partial charge in [-0.3, -0.25) is 0 Å². The molecular weight excluding hydrogens is 250 g/mol. The van der Waals surface area contributed by atoms with Crippen LogP contribution < -0.4 is 0 Å². The molecule has 0 aromatic heterocycles. The lowest BCUT2D eigenvalue weighted by molar-refractivity contribution is 0.351. The van der Waals surface area contributed by atoms with Crippen LogP contribution in [0.2, 0.25) is 0 Å². The van der Waals surface area contributed by atoms with Crippen LogP contribution >= 0.6 is 0 Å². The first-order chi connectivity index (χ1) is 8.30. The number of halogens is 5. The second kappa shape index (κ2) is 5.28. The maximum atomic E-state index is 13.6. The minimum Gasteiger partial charge on any atom is -0.203 e. The Labute approximate surface area is 104 Å². The lowest BCUT2D eigenvalue weighted by Crippen LogP contribution is -2.30. The van der Waals surface area contributed by atoms with E-state index in [2.05, 4.69) is 0 Å². The second-order valence-electron chi connectivity index (χ2n) is 4.20. The molecule has 98 valence electrons. The van der Waals surface area contributed by atoms with Crippen LogP contribution in [0.4, 0.5) is 22.0 Å². The van der Waals surface area contributed by atoms with Gasteiger partial charge in [0.05, 0.1) is 7.85 Å². The fourth-order valence-electron chi connectivity index (χ4n) is 1.97. The van der Waals surface area contributed by atoms with Gasteiger partial charge < -0.3 is 0 Å². The molecule has 0 amide bonds. The summed E-state index contributed by atoms with van der Waals surface area (Å²) in [6.07, 6.45) is 0.658. The smallest absolute Gasteiger partial charge is 0.200 e. The predicted octanol–water partition coefficient (Wildman–Crippen LogP) is 3.96. The van der Waals surface area contributed by atoms with E-state index in [0.29, 0.717) is 6.42 Å². The molecule has 0 aliphatic rings. The molecule has 1 unspecified atom stereocenters. The van der Waals surface area contributed by atoms with Crippen LogP contribution in [0.5, 0.6) is 0 Å². The monoisotopic (exact) mass is 262 g/mol. The van der Waals surface area contributed by atoms with E-state index in [1.54, 1.807) is 6.92 Å². The maximum absolute atomic E-state index is 13.6. The molecule has 0 nitrogen and oxygen atoms in total. The predicted molar refractivity (Wildman–Crippen MR) is 58.9 cm³/mol. The summed E-state index contributed by atoms with van der Waals surface area (Å²) in [6, 6.07) is 0. The maximum Gasteiger partial charge on any atom is 0.200 e. The third-order valence-corrected chi connectivity index (χ3v) is 3.03. The minimum absolute atomic E-state index is 0.0686. The first-order valence-corrected chi connectivity index (χ1v) is 5.60. The van der Waals surface area contributed by atoms with Crippen molar-refractivity contribution in [2.24, 2.45) is 0 Å². The minimum atomic E-state index is -2.16. The van der Waals surface area contributed by atoms with Crippen LogP contribution in [-0.4, -0.2) is 7.85 Å². The highest BCUT2D eigenvalue weighted by Gasteiger charge is 2.35. The van der Waals surface area contributed by atoms with Crippen molar-refractivity contribution in [1.29, 1.82) is 0 Å². The lowest BCUT2D eigenvalue weighted by Gasteiger charge is -2.30. The van der Waals surface area contributed by atoms with Crippen molar-refractivity contribution >= 4 is 7.85 Å². The van der Waals surface area contributed by atoms with E-state index in [-0.39, 0.29) is 12.8 Å². The topological polar surface area (TPSA) is 0 Å². The Morgan fingerprint density at radius 3 is 1.56 bits per heavy atom. The van der Waals surface area contributed by atoms with Gasteiger partial charge in [-0.25, -0.2) is 22.0 Å². The molecule has 0 saturated carbocycles. The lowest BCUT2D eigenvalue weighted by atomic mass is 9.59. The van der Waals surface area contributed by atoms with Gasteiger partial charge in [0.25, 0.3) is 0 Å². The van der Waals surface area contributed by atoms with Gasteiger partial charge >= 0.3 is 0 Å².